The van der Waals surface area contributed by atoms with E-state index in [-0.39, 0.29) is 28.8 Å². The molecule has 0 bridgehead atoms. The van der Waals surface area contributed by atoms with Crippen LogP contribution in [-0.2, 0) is 21.1 Å². The Morgan fingerprint density at radius 2 is 1.64 bits per heavy atom. The van der Waals surface area contributed by atoms with Gasteiger partial charge in [-0.3, -0.25) is 4.79 Å². The zero-order valence-corrected chi connectivity index (χ0v) is 14.8. The number of aryl methyl sites for hydroxylation is 1. The lowest BCUT2D eigenvalue weighted by Crippen LogP contribution is -2.26. The third kappa shape index (κ3) is 6.31. The Morgan fingerprint density at radius 1 is 0.960 bits per heavy atom. The Balaban J connectivity index is 1.65. The highest BCUT2D eigenvalue weighted by molar-refractivity contribution is 7.91. The first kappa shape index (κ1) is 19.1. The Kier molecular flexibility index (Phi) is 7.13. The van der Waals surface area contributed by atoms with Crippen molar-refractivity contribution in [1.29, 1.82) is 0 Å². The van der Waals surface area contributed by atoms with Crippen molar-refractivity contribution >= 4 is 15.7 Å². The summed E-state index contributed by atoms with van der Waals surface area (Å²) in [5, 5.41) is 2.71. The largest absolute Gasteiger partial charge is 0.356 e. The van der Waals surface area contributed by atoms with E-state index in [1.165, 1.54) is 18.2 Å². The molecule has 0 heterocycles. The monoisotopic (exact) mass is 363 g/mol. The van der Waals surface area contributed by atoms with Gasteiger partial charge in [0.25, 0.3) is 0 Å². The number of unbranched alkanes of at least 4 members (excludes halogenated alkanes) is 1. The van der Waals surface area contributed by atoms with Gasteiger partial charge in [-0.25, -0.2) is 12.8 Å². The molecule has 0 saturated heterocycles. The lowest BCUT2D eigenvalue weighted by molar-refractivity contribution is -0.120. The van der Waals surface area contributed by atoms with Crippen molar-refractivity contribution in [3.8, 4) is 0 Å². The average Bonchev–Trinajstić information content (AvgIpc) is 2.62. The standard InChI is InChI=1S/C19H22FNO3S/c20-18-12-5-4-8-16(18)9-6-7-14-21-19(22)13-15-25(23,24)17-10-2-1-3-11-17/h1-5,8,10-12H,6-7,9,13-15H2,(H,21,22). The highest BCUT2D eigenvalue weighted by Crippen LogP contribution is 2.11. The molecule has 134 valence electrons. The maximum absolute atomic E-state index is 13.5. The molecule has 0 radical (unpaired) electrons. The van der Waals surface area contributed by atoms with Crippen LogP contribution in [0.25, 0.3) is 0 Å². The van der Waals surface area contributed by atoms with Crippen LogP contribution < -0.4 is 5.32 Å². The molecule has 0 atom stereocenters. The summed E-state index contributed by atoms with van der Waals surface area (Å²) in [7, 11) is -3.43. The average molecular weight is 363 g/mol. The Hall–Kier alpha value is -2.21. The Bertz CT molecular complexity index is 791. The van der Waals surface area contributed by atoms with E-state index in [2.05, 4.69) is 5.32 Å². The summed E-state index contributed by atoms with van der Waals surface area (Å²) < 4.78 is 37.6. The fourth-order valence-corrected chi connectivity index (χ4v) is 3.69. The van der Waals surface area contributed by atoms with Crippen LogP contribution in [0.3, 0.4) is 0 Å². The second kappa shape index (κ2) is 9.32. The minimum absolute atomic E-state index is 0.0649. The summed E-state index contributed by atoms with van der Waals surface area (Å²) >= 11 is 0. The maximum Gasteiger partial charge on any atom is 0.221 e. The lowest BCUT2D eigenvalue weighted by Gasteiger charge is -2.07. The van der Waals surface area contributed by atoms with Crippen LogP contribution in [0, 0.1) is 5.82 Å². The zero-order valence-electron chi connectivity index (χ0n) is 13.9. The van der Waals surface area contributed by atoms with E-state index in [0.29, 0.717) is 24.9 Å². The van der Waals surface area contributed by atoms with Crippen molar-refractivity contribution in [2.75, 3.05) is 12.3 Å². The minimum atomic E-state index is -3.43. The first-order chi connectivity index (χ1) is 12.0. The second-order valence-corrected chi connectivity index (χ2v) is 7.89. The van der Waals surface area contributed by atoms with E-state index in [1.807, 2.05) is 0 Å². The summed E-state index contributed by atoms with van der Waals surface area (Å²) in [4.78, 5) is 12.0. The first-order valence-corrected chi connectivity index (χ1v) is 9.92. The van der Waals surface area contributed by atoms with Gasteiger partial charge in [0.2, 0.25) is 5.91 Å². The van der Waals surface area contributed by atoms with Gasteiger partial charge in [-0.2, -0.15) is 0 Å². The fraction of sp³-hybridized carbons (Fsp3) is 0.316. The van der Waals surface area contributed by atoms with Crippen molar-refractivity contribution in [3.63, 3.8) is 0 Å². The molecule has 0 aliphatic carbocycles. The molecule has 2 aromatic rings. The molecule has 25 heavy (non-hydrogen) atoms. The van der Waals surface area contributed by atoms with Crippen molar-refractivity contribution in [2.24, 2.45) is 0 Å². The lowest BCUT2D eigenvalue weighted by atomic mass is 10.1. The highest BCUT2D eigenvalue weighted by atomic mass is 32.2. The van der Waals surface area contributed by atoms with Crippen molar-refractivity contribution in [3.05, 3.63) is 66.0 Å². The maximum atomic E-state index is 13.5. The normalized spacial score (nSPS) is 11.2. The van der Waals surface area contributed by atoms with E-state index in [4.69, 9.17) is 0 Å². The number of halogens is 1. The predicted molar refractivity (Wildman–Crippen MR) is 95.5 cm³/mol. The molecule has 1 N–H and O–H groups in total. The molecule has 0 spiro atoms. The fourth-order valence-electron chi connectivity index (χ4n) is 2.43. The molecule has 0 unspecified atom stereocenters. The van der Waals surface area contributed by atoms with Gasteiger partial charge in [-0.05, 0) is 43.0 Å². The van der Waals surface area contributed by atoms with Crippen molar-refractivity contribution in [2.45, 2.75) is 30.6 Å². The number of sulfone groups is 1. The molecule has 6 heteroatoms. The molecule has 0 aromatic heterocycles. The smallest absolute Gasteiger partial charge is 0.221 e. The number of amides is 1. The van der Waals surface area contributed by atoms with Crippen LogP contribution in [0.1, 0.15) is 24.8 Å². The molecule has 0 saturated carbocycles. The van der Waals surface area contributed by atoms with Gasteiger partial charge in [0.1, 0.15) is 5.82 Å². The summed E-state index contributed by atoms with van der Waals surface area (Å²) in [5.74, 6) is -0.707. The number of carbonyl (C=O) groups is 1. The SMILES string of the molecule is O=C(CCS(=O)(=O)c1ccccc1)NCCCCc1ccccc1F. The number of hydrogen-bond donors (Lipinski definition) is 1. The number of benzene rings is 2. The van der Waals surface area contributed by atoms with Crippen LogP contribution in [0.15, 0.2) is 59.5 Å². The molecule has 4 nitrogen and oxygen atoms in total. The van der Waals surface area contributed by atoms with Crippen molar-refractivity contribution in [1.82, 2.24) is 5.32 Å². The van der Waals surface area contributed by atoms with E-state index >= 15 is 0 Å². The number of carbonyl (C=O) groups excluding carboxylic acids is 1. The molecule has 0 aliphatic heterocycles. The number of hydrogen-bond acceptors (Lipinski definition) is 3. The van der Waals surface area contributed by atoms with Gasteiger partial charge in [0.15, 0.2) is 9.84 Å². The van der Waals surface area contributed by atoms with Gasteiger partial charge in [-0.1, -0.05) is 36.4 Å². The predicted octanol–water partition coefficient (Wildman–Crippen LogP) is 3.13. The molecular weight excluding hydrogens is 341 g/mol. The van der Waals surface area contributed by atoms with Crippen LogP contribution in [0.5, 0.6) is 0 Å². The molecule has 2 aromatic carbocycles. The van der Waals surface area contributed by atoms with E-state index in [0.717, 1.165) is 6.42 Å². The number of rotatable bonds is 9. The van der Waals surface area contributed by atoms with Gasteiger partial charge in [-0.15, -0.1) is 0 Å². The molecular formula is C19H22FNO3S. The van der Waals surface area contributed by atoms with Gasteiger partial charge < -0.3 is 5.32 Å². The molecule has 0 fully saturated rings. The zero-order chi connectivity index (χ0) is 18.1. The summed E-state index contributed by atoms with van der Waals surface area (Å²) in [6, 6.07) is 14.7. The van der Waals surface area contributed by atoms with E-state index < -0.39 is 9.84 Å². The van der Waals surface area contributed by atoms with Gasteiger partial charge in [0, 0.05) is 13.0 Å². The highest BCUT2D eigenvalue weighted by Gasteiger charge is 2.15. The van der Waals surface area contributed by atoms with Gasteiger partial charge in [0.05, 0.1) is 10.6 Å². The first-order valence-electron chi connectivity index (χ1n) is 8.27. The van der Waals surface area contributed by atoms with E-state index in [1.54, 1.807) is 36.4 Å². The third-order valence-corrected chi connectivity index (χ3v) is 5.59. The Labute approximate surface area is 148 Å². The molecule has 2 rings (SSSR count). The van der Waals surface area contributed by atoms with Crippen LogP contribution in [-0.4, -0.2) is 26.6 Å². The van der Waals surface area contributed by atoms with Crippen LogP contribution >= 0.6 is 0 Å². The topological polar surface area (TPSA) is 63.2 Å². The summed E-state index contributed by atoms with van der Waals surface area (Å²) in [5.41, 5.74) is 0.669. The molecule has 1 amide bonds. The van der Waals surface area contributed by atoms with E-state index in [9.17, 15) is 17.6 Å². The van der Waals surface area contributed by atoms with Crippen LogP contribution in [0.2, 0.25) is 0 Å². The third-order valence-electron chi connectivity index (χ3n) is 3.85. The van der Waals surface area contributed by atoms with Gasteiger partial charge >= 0.3 is 0 Å². The number of nitrogens with one attached hydrogen (secondary N) is 1. The molecule has 0 aliphatic rings. The minimum Gasteiger partial charge on any atom is -0.356 e. The second-order valence-electron chi connectivity index (χ2n) is 5.78. The quantitative estimate of drug-likeness (QED) is 0.696. The van der Waals surface area contributed by atoms with Crippen molar-refractivity contribution < 1.29 is 17.6 Å². The summed E-state index contributed by atoms with van der Waals surface area (Å²) in [6.07, 6.45) is 2.02. The Morgan fingerprint density at radius 3 is 2.36 bits per heavy atom. The van der Waals surface area contributed by atoms with Crippen LogP contribution in [0.4, 0.5) is 4.39 Å². The summed E-state index contributed by atoms with van der Waals surface area (Å²) in [6.45, 7) is 0.457.